The lowest BCUT2D eigenvalue weighted by atomic mass is 9.83. The number of carboxylic acids is 1. The summed E-state index contributed by atoms with van der Waals surface area (Å²) < 4.78 is 16.5. The number of hydrogen-bond donors (Lipinski definition) is 1. The summed E-state index contributed by atoms with van der Waals surface area (Å²) in [6.45, 7) is 5.68. The van der Waals surface area contributed by atoms with E-state index in [2.05, 4.69) is 0 Å². The van der Waals surface area contributed by atoms with Crippen LogP contribution in [0.1, 0.15) is 56.6 Å². The van der Waals surface area contributed by atoms with Crippen LogP contribution in [0.3, 0.4) is 0 Å². The van der Waals surface area contributed by atoms with Crippen LogP contribution < -0.4 is 14.2 Å². The van der Waals surface area contributed by atoms with Crippen LogP contribution in [0.4, 0.5) is 0 Å². The summed E-state index contributed by atoms with van der Waals surface area (Å²) in [7, 11) is 1.66. The maximum atomic E-state index is 13.4. The van der Waals surface area contributed by atoms with Gasteiger partial charge in [0.1, 0.15) is 5.75 Å². The minimum Gasteiger partial charge on any atom is -0.496 e. The van der Waals surface area contributed by atoms with Crippen molar-refractivity contribution in [1.29, 1.82) is 0 Å². The second-order valence-electron chi connectivity index (χ2n) is 10.1. The molecule has 0 spiro atoms. The number of nitrogens with zero attached hydrogens (tertiary/aromatic N) is 2. The van der Waals surface area contributed by atoms with Gasteiger partial charge in [-0.05, 0) is 61.4 Å². The number of benzene rings is 2. The summed E-state index contributed by atoms with van der Waals surface area (Å²) in [5, 5.41) is 11.9. The van der Waals surface area contributed by atoms with Gasteiger partial charge in [0.05, 0.1) is 26.2 Å². The molecule has 3 atom stereocenters. The molecule has 0 aromatic heterocycles. The van der Waals surface area contributed by atoms with Crippen molar-refractivity contribution in [2.24, 2.45) is 5.92 Å². The van der Waals surface area contributed by atoms with Gasteiger partial charge in [0.15, 0.2) is 11.5 Å². The third-order valence-electron chi connectivity index (χ3n) is 7.49. The second-order valence-corrected chi connectivity index (χ2v) is 10.1. The van der Waals surface area contributed by atoms with Gasteiger partial charge in [0.25, 0.3) is 5.91 Å². The molecule has 212 valence electrons. The quantitative estimate of drug-likeness (QED) is 0.350. The van der Waals surface area contributed by atoms with E-state index in [4.69, 9.17) is 19.0 Å². The van der Waals surface area contributed by atoms with Crippen LogP contribution >= 0.6 is 0 Å². The van der Waals surface area contributed by atoms with Gasteiger partial charge >= 0.3 is 5.97 Å². The lowest BCUT2D eigenvalue weighted by Crippen LogP contribution is -2.44. The zero-order chi connectivity index (χ0) is 27.8. The van der Waals surface area contributed by atoms with E-state index in [1.54, 1.807) is 7.11 Å². The molecular formula is C30H40N2O7. The fourth-order valence-electron chi connectivity index (χ4n) is 5.66. The van der Waals surface area contributed by atoms with E-state index in [1.807, 2.05) is 61.2 Å². The van der Waals surface area contributed by atoms with Crippen LogP contribution in [0, 0.1) is 5.92 Å². The maximum absolute atomic E-state index is 13.4. The number of aliphatic carboxylic acids is 1. The number of carbonyl (C=O) groups is 2. The molecule has 2 aromatic rings. The highest BCUT2D eigenvalue weighted by Crippen LogP contribution is 2.43. The molecule has 9 heteroatoms. The van der Waals surface area contributed by atoms with Crippen molar-refractivity contribution < 1.29 is 33.7 Å². The van der Waals surface area contributed by atoms with Gasteiger partial charge in [-0.25, -0.2) is 5.06 Å². The van der Waals surface area contributed by atoms with E-state index in [9.17, 15) is 14.7 Å². The third-order valence-corrected chi connectivity index (χ3v) is 7.49. The number of likely N-dealkylation sites (tertiary alicyclic amines) is 1. The van der Waals surface area contributed by atoms with Crippen LogP contribution in [-0.2, 0) is 20.8 Å². The highest BCUT2D eigenvalue weighted by Gasteiger charge is 2.47. The Morgan fingerprint density at radius 2 is 1.90 bits per heavy atom. The number of amides is 1. The van der Waals surface area contributed by atoms with Gasteiger partial charge in [0, 0.05) is 25.0 Å². The van der Waals surface area contributed by atoms with Crippen LogP contribution in [0.2, 0.25) is 0 Å². The Labute approximate surface area is 230 Å². The van der Waals surface area contributed by atoms with Crippen LogP contribution in [-0.4, -0.2) is 73.1 Å². The molecule has 2 heterocycles. The van der Waals surface area contributed by atoms with Crippen molar-refractivity contribution in [2.75, 3.05) is 40.1 Å². The minimum atomic E-state index is -0.859. The molecule has 0 saturated carbocycles. The topological polar surface area (TPSA) is 97.8 Å². The normalized spacial score (nSPS) is 20.2. The van der Waals surface area contributed by atoms with E-state index in [1.165, 1.54) is 5.06 Å². The van der Waals surface area contributed by atoms with Crippen LogP contribution in [0.5, 0.6) is 17.2 Å². The Kier molecular flexibility index (Phi) is 10.1. The maximum Gasteiger partial charge on any atom is 0.308 e. The first-order chi connectivity index (χ1) is 19.0. The predicted molar refractivity (Wildman–Crippen MR) is 146 cm³/mol. The molecule has 4 rings (SSSR count). The van der Waals surface area contributed by atoms with Gasteiger partial charge in [0.2, 0.25) is 6.79 Å². The molecule has 1 saturated heterocycles. The number of hydrogen-bond acceptors (Lipinski definition) is 7. The number of ether oxygens (including phenoxy) is 3. The first-order valence-electron chi connectivity index (χ1n) is 13.9. The third kappa shape index (κ3) is 6.83. The summed E-state index contributed by atoms with van der Waals surface area (Å²) in [5.74, 6) is 0.142. The Morgan fingerprint density at radius 1 is 1.10 bits per heavy atom. The fraction of sp³-hybridized carbons (Fsp3) is 0.533. The lowest BCUT2D eigenvalue weighted by molar-refractivity contribution is -0.188. The molecule has 1 amide bonds. The molecule has 2 aliphatic rings. The van der Waals surface area contributed by atoms with E-state index < -0.39 is 11.9 Å². The molecule has 0 radical (unpaired) electrons. The number of carbonyl (C=O) groups excluding carboxylic acids is 1. The summed E-state index contributed by atoms with van der Waals surface area (Å²) in [6, 6.07) is 13.2. The monoisotopic (exact) mass is 540 g/mol. The number of aryl methyl sites for hydroxylation is 1. The lowest BCUT2D eigenvalue weighted by Gasteiger charge is -2.29. The SMILES string of the molecule is CCCON(CCC)C(=O)CN1C[C@H](c2ccc3c(c2)OCO3)C(C(=O)O)[C@@H]1CCCc1ccccc1OC. The molecule has 39 heavy (non-hydrogen) atoms. The highest BCUT2D eigenvalue weighted by molar-refractivity contribution is 5.78. The Hall–Kier alpha value is -3.30. The standard InChI is InChI=1S/C30H40N2O7/c1-4-15-32(39-16-5-2)28(33)19-31-18-23(22-13-14-26-27(17-22)38-20-37-26)29(30(34)35)24(31)11-8-10-21-9-6-7-12-25(21)36-3/h6-7,9,12-14,17,23-24,29H,4-5,8,10-11,15-16,18-20H2,1-3H3,(H,34,35)/t23-,24+,29?/m1/s1. The molecule has 0 bridgehead atoms. The zero-order valence-corrected chi connectivity index (χ0v) is 23.1. The smallest absolute Gasteiger partial charge is 0.308 e. The average molecular weight is 541 g/mol. The highest BCUT2D eigenvalue weighted by atomic mass is 16.7. The zero-order valence-electron chi connectivity index (χ0n) is 23.1. The first kappa shape index (κ1) is 28.7. The first-order valence-corrected chi connectivity index (χ1v) is 13.9. The Balaban J connectivity index is 1.57. The van der Waals surface area contributed by atoms with Gasteiger partial charge in [-0.3, -0.25) is 19.3 Å². The minimum absolute atomic E-state index is 0.105. The number of para-hydroxylation sites is 1. The van der Waals surface area contributed by atoms with Crippen molar-refractivity contribution >= 4 is 11.9 Å². The molecule has 1 fully saturated rings. The van der Waals surface area contributed by atoms with Crippen molar-refractivity contribution in [3.05, 3.63) is 53.6 Å². The summed E-state index contributed by atoms with van der Waals surface area (Å²) in [4.78, 5) is 33.9. The number of carboxylic acid groups (broad SMARTS) is 1. The number of rotatable bonds is 14. The molecule has 0 aliphatic carbocycles. The second kappa shape index (κ2) is 13.7. The fourth-order valence-corrected chi connectivity index (χ4v) is 5.66. The Morgan fingerprint density at radius 3 is 2.64 bits per heavy atom. The van der Waals surface area contributed by atoms with E-state index in [0.29, 0.717) is 37.6 Å². The van der Waals surface area contributed by atoms with Gasteiger partial charge in [-0.15, -0.1) is 0 Å². The van der Waals surface area contributed by atoms with Crippen molar-refractivity contribution in [3.63, 3.8) is 0 Å². The van der Waals surface area contributed by atoms with E-state index in [-0.39, 0.29) is 31.2 Å². The summed E-state index contributed by atoms with van der Waals surface area (Å²) >= 11 is 0. The molecule has 9 nitrogen and oxygen atoms in total. The average Bonchev–Trinajstić information content (AvgIpc) is 3.55. The van der Waals surface area contributed by atoms with Crippen molar-refractivity contribution in [1.82, 2.24) is 9.96 Å². The van der Waals surface area contributed by atoms with Gasteiger partial charge < -0.3 is 19.3 Å². The van der Waals surface area contributed by atoms with Gasteiger partial charge in [-0.1, -0.05) is 38.1 Å². The predicted octanol–water partition coefficient (Wildman–Crippen LogP) is 4.50. The number of fused-ring (bicyclic) bond motifs is 1. The number of methoxy groups -OCH3 is 1. The van der Waals surface area contributed by atoms with E-state index >= 15 is 0 Å². The van der Waals surface area contributed by atoms with Crippen molar-refractivity contribution in [2.45, 2.75) is 57.9 Å². The molecule has 1 unspecified atom stereocenters. The molecule has 2 aromatic carbocycles. The van der Waals surface area contributed by atoms with Gasteiger partial charge in [-0.2, -0.15) is 0 Å². The van der Waals surface area contributed by atoms with E-state index in [0.717, 1.165) is 42.6 Å². The van der Waals surface area contributed by atoms with Crippen LogP contribution in [0.25, 0.3) is 0 Å². The molecule has 2 aliphatic heterocycles. The summed E-state index contributed by atoms with van der Waals surface area (Å²) in [6.07, 6.45) is 3.72. The number of hydroxylamine groups is 2. The molecule has 1 N–H and O–H groups in total. The molecular weight excluding hydrogens is 500 g/mol. The van der Waals surface area contributed by atoms with Crippen molar-refractivity contribution in [3.8, 4) is 17.2 Å². The van der Waals surface area contributed by atoms with Crippen LogP contribution in [0.15, 0.2) is 42.5 Å². The Bertz CT molecular complexity index is 1120. The largest absolute Gasteiger partial charge is 0.496 e. The summed E-state index contributed by atoms with van der Waals surface area (Å²) in [5.41, 5.74) is 1.96.